The monoisotopic (exact) mass is 404 g/mol. The summed E-state index contributed by atoms with van der Waals surface area (Å²) < 4.78 is 2.24. The van der Waals surface area contributed by atoms with Crippen molar-refractivity contribution in [1.82, 2.24) is 20.1 Å². The second-order valence-electron chi connectivity index (χ2n) is 9.62. The summed E-state index contributed by atoms with van der Waals surface area (Å²) in [7, 11) is 0. The van der Waals surface area contributed by atoms with Gasteiger partial charge in [-0.2, -0.15) is 0 Å². The second kappa shape index (κ2) is 8.37. The van der Waals surface area contributed by atoms with Crippen molar-refractivity contribution in [1.29, 1.82) is 0 Å². The van der Waals surface area contributed by atoms with Crippen LogP contribution >= 0.6 is 11.8 Å². The number of carbonyl (C=O) groups is 1. The molecule has 6 heteroatoms. The minimum absolute atomic E-state index is 0.0860. The maximum absolute atomic E-state index is 13.3. The minimum atomic E-state index is -0.0860. The van der Waals surface area contributed by atoms with Gasteiger partial charge in [0.15, 0.2) is 11.0 Å². The number of aromatic nitrogens is 3. The van der Waals surface area contributed by atoms with Gasteiger partial charge in [0.2, 0.25) is 5.91 Å². The van der Waals surface area contributed by atoms with Crippen LogP contribution in [-0.2, 0) is 17.9 Å². The van der Waals surface area contributed by atoms with E-state index in [1.165, 1.54) is 19.3 Å². The Hall–Kier alpha value is -1.04. The van der Waals surface area contributed by atoms with Crippen LogP contribution in [0.3, 0.4) is 0 Å². The third-order valence-corrected chi connectivity index (χ3v) is 8.59. The molecule has 1 atom stereocenters. The maximum atomic E-state index is 13.3. The molecule has 0 saturated heterocycles. The molecule has 156 valence electrons. The largest absolute Gasteiger partial charge is 0.348 e. The molecule has 1 amide bonds. The van der Waals surface area contributed by atoms with Crippen molar-refractivity contribution in [3.63, 3.8) is 0 Å². The van der Waals surface area contributed by atoms with Gasteiger partial charge < -0.3 is 9.88 Å². The molecule has 5 rings (SSSR count). The Morgan fingerprint density at radius 2 is 1.82 bits per heavy atom. The van der Waals surface area contributed by atoms with E-state index in [4.69, 9.17) is 0 Å². The Balaban J connectivity index is 1.43. The topological polar surface area (TPSA) is 59.8 Å². The molecule has 4 bridgehead atoms. The van der Waals surface area contributed by atoms with Crippen molar-refractivity contribution >= 4 is 17.7 Å². The van der Waals surface area contributed by atoms with E-state index in [1.807, 2.05) is 0 Å². The van der Waals surface area contributed by atoms with E-state index in [0.29, 0.717) is 11.8 Å². The van der Waals surface area contributed by atoms with Crippen LogP contribution < -0.4 is 5.32 Å². The van der Waals surface area contributed by atoms with Gasteiger partial charge in [-0.25, -0.2) is 0 Å². The first-order chi connectivity index (χ1) is 13.5. The van der Waals surface area contributed by atoms with Crippen LogP contribution in [0.1, 0.15) is 84.4 Å². The molecule has 4 fully saturated rings. The number of rotatable bonds is 9. The van der Waals surface area contributed by atoms with Crippen LogP contribution in [0.4, 0.5) is 0 Å². The van der Waals surface area contributed by atoms with Gasteiger partial charge in [0.1, 0.15) is 0 Å². The van der Waals surface area contributed by atoms with Gasteiger partial charge in [0, 0.05) is 17.2 Å². The predicted molar refractivity (Wildman–Crippen MR) is 113 cm³/mol. The van der Waals surface area contributed by atoms with Crippen LogP contribution in [0.2, 0.25) is 0 Å². The Labute approximate surface area is 173 Å². The maximum Gasteiger partial charge on any atom is 0.226 e. The quantitative estimate of drug-likeness (QED) is 0.601. The Kier molecular flexibility index (Phi) is 6.05. The predicted octanol–water partition coefficient (Wildman–Crippen LogP) is 4.80. The molecule has 1 aromatic rings. The number of unbranched alkanes of at least 4 members (excludes halogenated alkanes) is 1. The SMILES string of the molecule is CCCCn1c(CNC(=O)C23CC4CC(CC(C4)C2)C3)nnc1S[C@@H](C)CC. The Morgan fingerprint density at radius 1 is 1.18 bits per heavy atom. The van der Waals surface area contributed by atoms with Crippen LogP contribution in [0.25, 0.3) is 0 Å². The summed E-state index contributed by atoms with van der Waals surface area (Å²) >= 11 is 1.80. The van der Waals surface area contributed by atoms with Crippen molar-refractivity contribution in [2.24, 2.45) is 23.2 Å². The van der Waals surface area contributed by atoms with Crippen molar-refractivity contribution < 1.29 is 4.79 Å². The lowest BCUT2D eigenvalue weighted by atomic mass is 9.49. The summed E-state index contributed by atoms with van der Waals surface area (Å²) in [4.78, 5) is 13.3. The number of nitrogens with zero attached hydrogens (tertiary/aromatic N) is 3. The Bertz CT molecular complexity index is 665. The summed E-state index contributed by atoms with van der Waals surface area (Å²) in [6.45, 7) is 8.10. The lowest BCUT2D eigenvalue weighted by Gasteiger charge is -2.55. The number of amides is 1. The number of nitrogens with one attached hydrogen (secondary N) is 1. The van der Waals surface area contributed by atoms with Crippen molar-refractivity contribution in [3.8, 4) is 0 Å². The molecule has 0 unspecified atom stereocenters. The average Bonchev–Trinajstić information content (AvgIpc) is 3.04. The standard InChI is InChI=1S/C22H36N4OS/c1-4-6-7-26-19(24-25-21(26)28-15(3)5-2)14-23-20(27)22-11-16-8-17(12-22)10-18(9-16)13-22/h15-18H,4-14H2,1-3H3,(H,23,27)/t15-,16?,17?,18?,22?/m0/s1. The third kappa shape index (κ3) is 3.99. The van der Waals surface area contributed by atoms with Gasteiger partial charge in [0.25, 0.3) is 0 Å². The van der Waals surface area contributed by atoms with E-state index in [0.717, 1.165) is 73.8 Å². The molecule has 1 aromatic heterocycles. The van der Waals surface area contributed by atoms with Crippen molar-refractivity contribution in [2.75, 3.05) is 0 Å². The molecule has 4 saturated carbocycles. The highest BCUT2D eigenvalue weighted by Crippen LogP contribution is 2.60. The fraction of sp³-hybridized carbons (Fsp3) is 0.864. The fourth-order valence-electron chi connectivity index (χ4n) is 6.08. The molecule has 0 radical (unpaired) electrons. The molecule has 1 heterocycles. The molecule has 4 aliphatic rings. The second-order valence-corrected chi connectivity index (χ2v) is 11.0. The summed E-state index contributed by atoms with van der Waals surface area (Å²) in [5, 5.41) is 13.7. The van der Waals surface area contributed by atoms with E-state index in [2.05, 4.69) is 40.9 Å². The molecule has 0 aromatic carbocycles. The number of hydrogen-bond acceptors (Lipinski definition) is 4. The molecule has 0 spiro atoms. The van der Waals surface area contributed by atoms with E-state index >= 15 is 0 Å². The van der Waals surface area contributed by atoms with E-state index < -0.39 is 0 Å². The van der Waals surface area contributed by atoms with Crippen LogP contribution in [0.15, 0.2) is 5.16 Å². The van der Waals surface area contributed by atoms with E-state index in [-0.39, 0.29) is 11.3 Å². The fourth-order valence-corrected chi connectivity index (χ4v) is 7.02. The first-order valence-electron chi connectivity index (χ1n) is 11.4. The van der Waals surface area contributed by atoms with Gasteiger partial charge in [-0.05, 0) is 69.1 Å². The van der Waals surface area contributed by atoms with Gasteiger partial charge in [0.05, 0.1) is 6.54 Å². The van der Waals surface area contributed by atoms with Gasteiger partial charge in [-0.3, -0.25) is 4.79 Å². The van der Waals surface area contributed by atoms with Gasteiger partial charge in [-0.1, -0.05) is 39.0 Å². The highest BCUT2D eigenvalue weighted by Gasteiger charge is 2.54. The first kappa shape index (κ1) is 20.2. The van der Waals surface area contributed by atoms with E-state index in [1.54, 1.807) is 11.8 Å². The number of thioether (sulfide) groups is 1. The third-order valence-electron chi connectivity index (χ3n) is 7.34. The highest BCUT2D eigenvalue weighted by atomic mass is 32.2. The normalized spacial score (nSPS) is 31.9. The molecular weight excluding hydrogens is 368 g/mol. The highest BCUT2D eigenvalue weighted by molar-refractivity contribution is 7.99. The molecular formula is C22H36N4OS. The molecule has 1 N–H and O–H groups in total. The van der Waals surface area contributed by atoms with Gasteiger partial charge >= 0.3 is 0 Å². The first-order valence-corrected chi connectivity index (χ1v) is 12.3. The lowest BCUT2D eigenvalue weighted by Crippen LogP contribution is -2.53. The molecule has 0 aliphatic heterocycles. The zero-order valence-corrected chi connectivity index (χ0v) is 18.6. The summed E-state index contributed by atoms with van der Waals surface area (Å²) in [5.41, 5.74) is -0.0860. The van der Waals surface area contributed by atoms with Crippen molar-refractivity contribution in [3.05, 3.63) is 5.82 Å². The summed E-state index contributed by atoms with van der Waals surface area (Å²) in [6, 6.07) is 0. The van der Waals surface area contributed by atoms with Crippen LogP contribution in [-0.4, -0.2) is 25.9 Å². The Morgan fingerprint density at radius 3 is 2.39 bits per heavy atom. The van der Waals surface area contributed by atoms with Gasteiger partial charge in [-0.15, -0.1) is 10.2 Å². The zero-order chi connectivity index (χ0) is 19.7. The zero-order valence-electron chi connectivity index (χ0n) is 17.7. The molecule has 5 nitrogen and oxygen atoms in total. The lowest BCUT2D eigenvalue weighted by molar-refractivity contribution is -0.146. The van der Waals surface area contributed by atoms with Crippen LogP contribution in [0, 0.1) is 23.2 Å². The minimum Gasteiger partial charge on any atom is -0.348 e. The smallest absolute Gasteiger partial charge is 0.226 e. The van der Waals surface area contributed by atoms with E-state index in [9.17, 15) is 4.79 Å². The molecule has 4 aliphatic carbocycles. The molecule has 28 heavy (non-hydrogen) atoms. The van der Waals surface area contributed by atoms with Crippen molar-refractivity contribution in [2.45, 2.75) is 102 Å². The van der Waals surface area contributed by atoms with Crippen LogP contribution in [0.5, 0.6) is 0 Å². The number of carbonyl (C=O) groups excluding carboxylic acids is 1. The average molecular weight is 405 g/mol. The summed E-state index contributed by atoms with van der Waals surface area (Å²) in [6.07, 6.45) is 10.8. The summed E-state index contributed by atoms with van der Waals surface area (Å²) in [5.74, 6) is 3.58. The number of hydrogen-bond donors (Lipinski definition) is 1.